The van der Waals surface area contributed by atoms with Gasteiger partial charge in [0.05, 0.1) is 11.6 Å². The number of halogens is 1. The van der Waals surface area contributed by atoms with Crippen molar-refractivity contribution in [3.63, 3.8) is 0 Å². The van der Waals surface area contributed by atoms with Gasteiger partial charge in [-0.3, -0.25) is 9.59 Å². The van der Waals surface area contributed by atoms with Crippen molar-refractivity contribution in [3.05, 3.63) is 29.0 Å². The average Bonchev–Trinajstić information content (AvgIpc) is 2.48. The molecule has 1 aliphatic heterocycles. The number of piperidine rings is 1. The Kier molecular flexibility index (Phi) is 4.80. The number of carboxylic acid groups (broad SMARTS) is 1. The Morgan fingerprint density at radius 3 is 2.86 bits per heavy atom. The second-order valence-electron chi connectivity index (χ2n) is 5.21. The van der Waals surface area contributed by atoms with Gasteiger partial charge in [-0.15, -0.1) is 0 Å². The van der Waals surface area contributed by atoms with Gasteiger partial charge in [-0.1, -0.05) is 11.6 Å². The van der Waals surface area contributed by atoms with Crippen molar-refractivity contribution >= 4 is 23.5 Å². The van der Waals surface area contributed by atoms with Crippen LogP contribution in [0, 0.1) is 5.41 Å². The number of aliphatic carboxylic acids is 1. The first kappa shape index (κ1) is 15.7. The number of hydrogen-bond donors (Lipinski definition) is 1. The minimum Gasteiger partial charge on any atom is -0.481 e. The Balaban J connectivity index is 2.18. The van der Waals surface area contributed by atoms with Crippen molar-refractivity contribution in [1.29, 1.82) is 0 Å². The Hall–Kier alpha value is -1.66. The number of hydrogen-bond acceptors (Lipinski definition) is 4. The molecule has 0 bridgehead atoms. The molecule has 0 aliphatic carbocycles. The molecule has 2 heterocycles. The maximum Gasteiger partial charge on any atom is 0.313 e. The molecule has 1 N–H and O–H groups in total. The van der Waals surface area contributed by atoms with E-state index in [1.54, 1.807) is 6.07 Å². The minimum atomic E-state index is -1.05. The second kappa shape index (κ2) is 6.41. The molecule has 1 fully saturated rings. The molecule has 7 heteroatoms. The summed E-state index contributed by atoms with van der Waals surface area (Å²) in [6, 6.07) is 3.13. The van der Waals surface area contributed by atoms with E-state index in [0.29, 0.717) is 24.4 Å². The summed E-state index contributed by atoms with van der Waals surface area (Å²) in [5.74, 6) is -1.22. The summed E-state index contributed by atoms with van der Waals surface area (Å²) in [4.78, 5) is 29.5. The zero-order valence-electron chi connectivity index (χ0n) is 11.7. The Morgan fingerprint density at radius 1 is 1.52 bits per heavy atom. The van der Waals surface area contributed by atoms with Gasteiger partial charge in [0.25, 0.3) is 5.91 Å². The van der Waals surface area contributed by atoms with Crippen LogP contribution >= 0.6 is 11.6 Å². The number of amides is 1. The van der Waals surface area contributed by atoms with E-state index in [-0.39, 0.29) is 24.8 Å². The number of carbonyl (C=O) groups is 2. The molecule has 0 spiro atoms. The molecule has 1 aromatic rings. The summed E-state index contributed by atoms with van der Waals surface area (Å²) in [5.41, 5.74) is -0.785. The molecular weight excluding hydrogens is 296 g/mol. The Morgan fingerprint density at radius 2 is 2.29 bits per heavy atom. The molecule has 1 amide bonds. The van der Waals surface area contributed by atoms with E-state index in [4.69, 9.17) is 16.3 Å². The summed E-state index contributed by atoms with van der Waals surface area (Å²) >= 11 is 5.75. The highest BCUT2D eigenvalue weighted by Crippen LogP contribution is 2.31. The monoisotopic (exact) mass is 312 g/mol. The third kappa shape index (κ3) is 3.33. The van der Waals surface area contributed by atoms with E-state index in [2.05, 4.69) is 4.98 Å². The summed E-state index contributed by atoms with van der Waals surface area (Å²) in [7, 11) is 1.46. The summed E-state index contributed by atoms with van der Waals surface area (Å²) in [5, 5.41) is 9.92. The third-order valence-electron chi connectivity index (χ3n) is 3.68. The molecular formula is C14H17ClN2O4. The fraction of sp³-hybridized carbons (Fsp3) is 0.500. The van der Waals surface area contributed by atoms with Crippen molar-refractivity contribution < 1.29 is 19.4 Å². The predicted octanol–water partition coefficient (Wildman–Crippen LogP) is 1.69. The van der Waals surface area contributed by atoms with Crippen LogP contribution in [0.4, 0.5) is 0 Å². The van der Waals surface area contributed by atoms with Gasteiger partial charge in [0, 0.05) is 26.4 Å². The topological polar surface area (TPSA) is 79.7 Å². The number of likely N-dealkylation sites (tertiary alicyclic amines) is 1. The molecule has 2 rings (SSSR count). The minimum absolute atomic E-state index is 0.0835. The van der Waals surface area contributed by atoms with Crippen LogP contribution in [0.1, 0.15) is 23.3 Å². The number of carbonyl (C=O) groups excluding carboxylic acids is 1. The van der Waals surface area contributed by atoms with E-state index < -0.39 is 11.4 Å². The van der Waals surface area contributed by atoms with E-state index >= 15 is 0 Å². The smallest absolute Gasteiger partial charge is 0.313 e. The molecule has 0 saturated carbocycles. The SMILES string of the molecule is COCC1(C(=O)O)CCCN(C(=O)c2ccc(Cl)cn2)C1. The van der Waals surface area contributed by atoms with Gasteiger partial charge in [-0.05, 0) is 25.0 Å². The molecule has 114 valence electrons. The van der Waals surface area contributed by atoms with Crippen LogP contribution in [-0.4, -0.2) is 53.7 Å². The lowest BCUT2D eigenvalue weighted by atomic mass is 9.80. The summed E-state index contributed by atoms with van der Waals surface area (Å²) in [6.45, 7) is 0.724. The lowest BCUT2D eigenvalue weighted by Crippen LogP contribution is -2.52. The van der Waals surface area contributed by atoms with Gasteiger partial charge >= 0.3 is 5.97 Å². The van der Waals surface area contributed by atoms with Gasteiger partial charge in [0.15, 0.2) is 0 Å². The fourth-order valence-electron chi connectivity index (χ4n) is 2.60. The number of pyridine rings is 1. The van der Waals surface area contributed by atoms with Gasteiger partial charge in [-0.25, -0.2) is 4.98 Å². The van der Waals surface area contributed by atoms with Crippen molar-refractivity contribution in [2.45, 2.75) is 12.8 Å². The van der Waals surface area contributed by atoms with Gasteiger partial charge in [0.1, 0.15) is 11.1 Å². The summed E-state index contributed by atoms with van der Waals surface area (Å²) < 4.78 is 5.04. The van der Waals surface area contributed by atoms with Crippen LogP contribution in [0.3, 0.4) is 0 Å². The number of rotatable bonds is 4. The lowest BCUT2D eigenvalue weighted by molar-refractivity contribution is -0.155. The first-order valence-corrected chi connectivity index (χ1v) is 6.99. The van der Waals surface area contributed by atoms with E-state index in [1.165, 1.54) is 24.3 Å². The van der Waals surface area contributed by atoms with E-state index in [0.717, 1.165) is 0 Å². The maximum absolute atomic E-state index is 12.4. The zero-order chi connectivity index (χ0) is 15.5. The van der Waals surface area contributed by atoms with E-state index in [1.807, 2.05) is 0 Å². The first-order chi connectivity index (χ1) is 9.98. The van der Waals surface area contributed by atoms with Crippen molar-refractivity contribution in [2.75, 3.05) is 26.8 Å². The van der Waals surface area contributed by atoms with E-state index in [9.17, 15) is 14.7 Å². The van der Waals surface area contributed by atoms with Crippen LogP contribution in [-0.2, 0) is 9.53 Å². The quantitative estimate of drug-likeness (QED) is 0.915. The summed E-state index contributed by atoms with van der Waals surface area (Å²) in [6.07, 6.45) is 2.52. The number of carboxylic acids is 1. The van der Waals surface area contributed by atoms with Crippen molar-refractivity contribution in [2.24, 2.45) is 5.41 Å². The van der Waals surface area contributed by atoms with Gasteiger partial charge < -0.3 is 14.7 Å². The van der Waals surface area contributed by atoms with Crippen molar-refractivity contribution in [3.8, 4) is 0 Å². The molecule has 0 radical (unpaired) electrons. The normalized spacial score (nSPS) is 22.1. The highest BCUT2D eigenvalue weighted by Gasteiger charge is 2.44. The largest absolute Gasteiger partial charge is 0.481 e. The third-order valence-corrected chi connectivity index (χ3v) is 3.91. The standard InChI is InChI=1S/C14H17ClN2O4/c1-21-9-14(13(19)20)5-2-6-17(8-14)12(18)11-4-3-10(15)7-16-11/h3-4,7H,2,5-6,8-9H2,1H3,(H,19,20). The number of methoxy groups -OCH3 is 1. The Labute approximate surface area is 127 Å². The number of aromatic nitrogens is 1. The number of nitrogens with zero attached hydrogens (tertiary/aromatic N) is 2. The Bertz CT molecular complexity index is 530. The van der Waals surface area contributed by atoms with Crippen LogP contribution < -0.4 is 0 Å². The van der Waals surface area contributed by atoms with Crippen LogP contribution in [0.5, 0.6) is 0 Å². The second-order valence-corrected chi connectivity index (χ2v) is 5.65. The van der Waals surface area contributed by atoms with Crippen LogP contribution in [0.2, 0.25) is 5.02 Å². The molecule has 0 aromatic carbocycles. The molecule has 1 unspecified atom stereocenters. The van der Waals surface area contributed by atoms with Crippen molar-refractivity contribution in [1.82, 2.24) is 9.88 Å². The van der Waals surface area contributed by atoms with Gasteiger partial charge in [-0.2, -0.15) is 0 Å². The zero-order valence-corrected chi connectivity index (χ0v) is 12.5. The highest BCUT2D eigenvalue weighted by molar-refractivity contribution is 6.30. The molecule has 1 saturated heterocycles. The predicted molar refractivity (Wildman–Crippen MR) is 76.3 cm³/mol. The maximum atomic E-state index is 12.4. The van der Waals surface area contributed by atoms with Crippen LogP contribution in [0.25, 0.3) is 0 Å². The molecule has 6 nitrogen and oxygen atoms in total. The highest BCUT2D eigenvalue weighted by atomic mass is 35.5. The fourth-order valence-corrected chi connectivity index (χ4v) is 2.71. The lowest BCUT2D eigenvalue weighted by Gasteiger charge is -2.39. The van der Waals surface area contributed by atoms with Gasteiger partial charge in [0.2, 0.25) is 0 Å². The van der Waals surface area contributed by atoms with Crippen LogP contribution in [0.15, 0.2) is 18.3 Å². The first-order valence-electron chi connectivity index (χ1n) is 6.62. The number of ether oxygens (including phenoxy) is 1. The molecule has 1 aromatic heterocycles. The molecule has 21 heavy (non-hydrogen) atoms. The molecule has 1 atom stereocenters. The molecule has 1 aliphatic rings. The average molecular weight is 313 g/mol.